The molecule has 1 aromatic carbocycles. The maximum Gasteiger partial charge on any atom is 0.348 e. The monoisotopic (exact) mass is 358 g/mol. The van der Waals surface area contributed by atoms with Gasteiger partial charge >= 0.3 is 5.97 Å². The number of aromatic nitrogens is 3. The van der Waals surface area contributed by atoms with Gasteiger partial charge in [0.2, 0.25) is 11.5 Å². The van der Waals surface area contributed by atoms with Gasteiger partial charge < -0.3 is 14.7 Å². The van der Waals surface area contributed by atoms with Crippen molar-refractivity contribution in [3.8, 4) is 5.75 Å². The lowest BCUT2D eigenvalue weighted by molar-refractivity contribution is -0.161. The number of hydrogen-bond donors (Lipinski definition) is 1. The number of amides is 1. The third kappa shape index (κ3) is 4.01. The number of hydrogen-bond acceptors (Lipinski definition) is 5. The summed E-state index contributed by atoms with van der Waals surface area (Å²) in [5, 5.41) is 13.7. The second-order valence-electron chi connectivity index (χ2n) is 6.50. The molecule has 1 amide bonds. The summed E-state index contributed by atoms with van der Waals surface area (Å²) in [6.45, 7) is 3.13. The summed E-state index contributed by atoms with van der Waals surface area (Å²) in [4.78, 5) is 29.7. The Balaban J connectivity index is 1.59. The number of aryl methyl sites for hydroxylation is 2. The van der Waals surface area contributed by atoms with Gasteiger partial charge in [0.1, 0.15) is 18.4 Å². The van der Waals surface area contributed by atoms with Gasteiger partial charge in [-0.25, -0.2) is 9.78 Å². The predicted octanol–water partition coefficient (Wildman–Crippen LogP) is 1.50. The van der Waals surface area contributed by atoms with Crippen molar-refractivity contribution in [2.75, 3.05) is 13.1 Å². The molecule has 0 spiro atoms. The largest absolute Gasteiger partial charge is 0.478 e. The topological polar surface area (TPSA) is 97.6 Å². The Morgan fingerprint density at radius 3 is 2.50 bits per heavy atom. The first kappa shape index (κ1) is 17.9. The molecule has 0 saturated carbocycles. The molecule has 3 rings (SSSR count). The molecule has 0 radical (unpaired) electrons. The molecule has 2 heterocycles. The quantitative estimate of drug-likeness (QED) is 0.840. The zero-order chi connectivity index (χ0) is 18.6. The van der Waals surface area contributed by atoms with E-state index in [1.54, 1.807) is 28.0 Å². The maximum atomic E-state index is 12.3. The molecule has 8 nitrogen and oxygen atoms in total. The normalized spacial score (nSPS) is 16.3. The van der Waals surface area contributed by atoms with Gasteiger partial charge in [-0.15, -0.1) is 0 Å². The van der Waals surface area contributed by atoms with Gasteiger partial charge in [-0.3, -0.25) is 9.48 Å². The molecular formula is C18H22N4O4. The Labute approximate surface area is 151 Å². The van der Waals surface area contributed by atoms with E-state index >= 15 is 0 Å². The van der Waals surface area contributed by atoms with E-state index in [1.165, 1.54) is 6.33 Å². The first-order valence-electron chi connectivity index (χ1n) is 8.58. The number of likely N-dealkylation sites (tertiary alicyclic amines) is 1. The Hall–Kier alpha value is -2.90. The van der Waals surface area contributed by atoms with Gasteiger partial charge in [-0.05, 0) is 19.1 Å². The molecule has 2 aromatic rings. The highest BCUT2D eigenvalue weighted by molar-refractivity contribution is 5.80. The highest BCUT2D eigenvalue weighted by atomic mass is 16.5. The number of nitrogens with zero attached hydrogens (tertiary/aromatic N) is 4. The van der Waals surface area contributed by atoms with Crippen molar-refractivity contribution in [3.63, 3.8) is 0 Å². The lowest BCUT2D eigenvalue weighted by Gasteiger charge is -2.39. The number of rotatable bonds is 6. The minimum atomic E-state index is -1.29. The van der Waals surface area contributed by atoms with E-state index in [0.717, 1.165) is 5.56 Å². The molecule has 0 aliphatic carbocycles. The van der Waals surface area contributed by atoms with E-state index in [9.17, 15) is 14.7 Å². The summed E-state index contributed by atoms with van der Waals surface area (Å²) in [6.07, 6.45) is 3.81. The number of carbonyl (C=O) groups excluding carboxylic acids is 1. The van der Waals surface area contributed by atoms with Crippen LogP contribution >= 0.6 is 0 Å². The van der Waals surface area contributed by atoms with Crippen LogP contribution in [0.2, 0.25) is 0 Å². The van der Waals surface area contributed by atoms with Crippen LogP contribution in [0.1, 0.15) is 24.8 Å². The number of piperidine rings is 1. The smallest absolute Gasteiger partial charge is 0.348 e. The predicted molar refractivity (Wildman–Crippen MR) is 92.6 cm³/mol. The van der Waals surface area contributed by atoms with Crippen LogP contribution in [0.3, 0.4) is 0 Å². The summed E-state index contributed by atoms with van der Waals surface area (Å²) >= 11 is 0. The molecule has 1 N–H and O–H groups in total. The SMILES string of the molecule is Cc1ccc(OC2(C(=O)O)CCN(C(=O)CCn3cncn3)CC2)cc1. The van der Waals surface area contributed by atoms with Crippen LogP contribution in [0.15, 0.2) is 36.9 Å². The molecule has 1 saturated heterocycles. The Morgan fingerprint density at radius 1 is 1.23 bits per heavy atom. The van der Waals surface area contributed by atoms with Crippen LogP contribution in [-0.4, -0.2) is 55.3 Å². The lowest BCUT2D eigenvalue weighted by Crippen LogP contribution is -2.54. The van der Waals surface area contributed by atoms with Gasteiger partial charge in [0.05, 0.1) is 6.54 Å². The van der Waals surface area contributed by atoms with Crippen molar-refractivity contribution in [1.29, 1.82) is 0 Å². The van der Waals surface area contributed by atoms with Crippen LogP contribution in [0, 0.1) is 6.92 Å². The van der Waals surface area contributed by atoms with Gasteiger partial charge in [-0.2, -0.15) is 5.10 Å². The zero-order valence-electron chi connectivity index (χ0n) is 14.7. The third-order valence-corrected chi connectivity index (χ3v) is 4.67. The number of benzene rings is 1. The van der Waals surface area contributed by atoms with Gasteiger partial charge in [-0.1, -0.05) is 17.7 Å². The van der Waals surface area contributed by atoms with Gasteiger partial charge in [0, 0.05) is 32.4 Å². The second-order valence-corrected chi connectivity index (χ2v) is 6.50. The Bertz CT molecular complexity index is 750. The van der Waals surface area contributed by atoms with Crippen molar-refractivity contribution in [3.05, 3.63) is 42.5 Å². The maximum absolute atomic E-state index is 12.3. The minimum absolute atomic E-state index is 0.0187. The first-order valence-corrected chi connectivity index (χ1v) is 8.58. The standard InChI is InChI=1S/C18H22N4O4/c1-14-2-4-15(5-3-14)26-18(17(24)25)7-10-21(11-8-18)16(23)6-9-22-13-19-12-20-22/h2-5,12-13H,6-11H2,1H3,(H,24,25). The van der Waals surface area contributed by atoms with Crippen LogP contribution < -0.4 is 4.74 Å². The molecule has 138 valence electrons. The van der Waals surface area contributed by atoms with E-state index in [1.807, 2.05) is 19.1 Å². The highest BCUT2D eigenvalue weighted by Gasteiger charge is 2.44. The fourth-order valence-electron chi connectivity index (χ4n) is 3.03. The van der Waals surface area contributed by atoms with Crippen molar-refractivity contribution in [2.24, 2.45) is 0 Å². The third-order valence-electron chi connectivity index (χ3n) is 4.67. The second kappa shape index (κ2) is 7.55. The number of carboxylic acid groups (broad SMARTS) is 1. The summed E-state index contributed by atoms with van der Waals surface area (Å²) in [7, 11) is 0. The van der Waals surface area contributed by atoms with Crippen molar-refractivity contribution >= 4 is 11.9 Å². The average molecular weight is 358 g/mol. The fraction of sp³-hybridized carbons (Fsp3) is 0.444. The minimum Gasteiger partial charge on any atom is -0.478 e. The van der Waals surface area contributed by atoms with Crippen LogP contribution in [-0.2, 0) is 16.1 Å². The molecular weight excluding hydrogens is 336 g/mol. The van der Waals surface area contributed by atoms with Crippen molar-refractivity contribution < 1.29 is 19.4 Å². The Kier molecular flexibility index (Phi) is 5.20. The molecule has 0 atom stereocenters. The van der Waals surface area contributed by atoms with Crippen molar-refractivity contribution in [2.45, 2.75) is 38.3 Å². The fourth-order valence-corrected chi connectivity index (χ4v) is 3.03. The van der Waals surface area contributed by atoms with E-state index < -0.39 is 11.6 Å². The zero-order valence-corrected chi connectivity index (χ0v) is 14.7. The van der Waals surface area contributed by atoms with Gasteiger partial charge in [0.15, 0.2) is 0 Å². The number of carboxylic acids is 1. The Morgan fingerprint density at radius 2 is 1.92 bits per heavy atom. The van der Waals surface area contributed by atoms with Crippen molar-refractivity contribution in [1.82, 2.24) is 19.7 Å². The highest BCUT2D eigenvalue weighted by Crippen LogP contribution is 2.29. The van der Waals surface area contributed by atoms with Crippen LogP contribution in [0.5, 0.6) is 5.75 Å². The molecule has 1 aliphatic heterocycles. The van der Waals surface area contributed by atoms with E-state index in [-0.39, 0.29) is 18.7 Å². The molecule has 0 bridgehead atoms. The summed E-state index contributed by atoms with van der Waals surface area (Å²) < 4.78 is 7.45. The summed E-state index contributed by atoms with van der Waals surface area (Å²) in [6, 6.07) is 7.31. The van der Waals surface area contributed by atoms with E-state index in [0.29, 0.717) is 31.8 Å². The summed E-state index contributed by atoms with van der Waals surface area (Å²) in [5.74, 6) is -0.480. The van der Waals surface area contributed by atoms with Crippen LogP contribution in [0.4, 0.5) is 0 Å². The number of ether oxygens (including phenoxy) is 1. The number of aliphatic carboxylic acids is 1. The lowest BCUT2D eigenvalue weighted by atomic mass is 9.90. The average Bonchev–Trinajstić information content (AvgIpc) is 3.16. The molecule has 1 aromatic heterocycles. The molecule has 26 heavy (non-hydrogen) atoms. The van der Waals surface area contributed by atoms with E-state index in [4.69, 9.17) is 4.74 Å². The summed E-state index contributed by atoms with van der Waals surface area (Å²) in [5.41, 5.74) is -0.215. The van der Waals surface area contributed by atoms with E-state index in [2.05, 4.69) is 10.1 Å². The first-order chi connectivity index (χ1) is 12.5. The van der Waals surface area contributed by atoms with Crippen LogP contribution in [0.25, 0.3) is 0 Å². The molecule has 1 aliphatic rings. The van der Waals surface area contributed by atoms with Gasteiger partial charge in [0.25, 0.3) is 0 Å². The number of carbonyl (C=O) groups is 2. The molecule has 0 unspecified atom stereocenters. The molecule has 1 fully saturated rings. The molecule has 8 heteroatoms.